The van der Waals surface area contributed by atoms with E-state index < -0.39 is 21.6 Å². The van der Waals surface area contributed by atoms with Gasteiger partial charge in [-0.05, 0) is 55.5 Å². The van der Waals surface area contributed by atoms with E-state index in [0.29, 0.717) is 16.5 Å². The van der Waals surface area contributed by atoms with Gasteiger partial charge in [0.1, 0.15) is 0 Å². The number of aromatic nitrogens is 1. The van der Waals surface area contributed by atoms with Gasteiger partial charge in [-0.25, -0.2) is 22.5 Å². The summed E-state index contributed by atoms with van der Waals surface area (Å²) in [4.78, 5) is 28.8. The Balaban J connectivity index is 1.74. The Bertz CT molecular complexity index is 1440. The molecule has 4 aromatic rings. The van der Waals surface area contributed by atoms with Crippen LogP contribution in [0.1, 0.15) is 12.5 Å². The van der Waals surface area contributed by atoms with Gasteiger partial charge >= 0.3 is 5.63 Å². The second-order valence-corrected chi connectivity index (χ2v) is 8.76. The summed E-state index contributed by atoms with van der Waals surface area (Å²) < 4.78 is 32.2. The fraction of sp³-hybridized carbons (Fsp3) is 0.0870. The van der Waals surface area contributed by atoms with Crippen molar-refractivity contribution >= 4 is 32.5 Å². The zero-order chi connectivity index (χ0) is 22.2. The van der Waals surface area contributed by atoms with Gasteiger partial charge in [0.05, 0.1) is 21.5 Å². The molecule has 0 saturated carbocycles. The predicted octanol–water partition coefficient (Wildman–Crippen LogP) is 3.91. The average Bonchev–Trinajstić information content (AvgIpc) is 2.74. The van der Waals surface area contributed by atoms with Crippen molar-refractivity contribution in [2.75, 3.05) is 4.31 Å². The third-order valence-electron chi connectivity index (χ3n) is 4.73. The van der Waals surface area contributed by atoms with Gasteiger partial charge in [-0.1, -0.05) is 29.8 Å². The van der Waals surface area contributed by atoms with Crippen molar-refractivity contribution in [3.05, 3.63) is 88.8 Å². The fourth-order valence-electron chi connectivity index (χ4n) is 3.19. The van der Waals surface area contributed by atoms with Crippen molar-refractivity contribution in [3.8, 4) is 11.5 Å². The van der Waals surface area contributed by atoms with Crippen LogP contribution in [0.5, 0.6) is 0 Å². The van der Waals surface area contributed by atoms with Crippen molar-refractivity contribution in [2.24, 2.45) is 0 Å². The molecular weight excluding hydrogens is 416 g/mol. The lowest BCUT2D eigenvalue weighted by Crippen LogP contribution is -2.35. The maximum atomic E-state index is 13.1. The molecule has 0 aliphatic heterocycles. The molecule has 31 heavy (non-hydrogen) atoms. The third kappa shape index (κ3) is 3.85. The van der Waals surface area contributed by atoms with Crippen LogP contribution >= 0.6 is 0 Å². The van der Waals surface area contributed by atoms with Gasteiger partial charge in [0, 0.05) is 12.5 Å². The first kappa shape index (κ1) is 20.5. The highest BCUT2D eigenvalue weighted by molar-refractivity contribution is 7.93. The lowest BCUT2D eigenvalue weighted by atomic mass is 10.2. The largest absolute Gasteiger partial charge is 0.403 e. The van der Waals surface area contributed by atoms with Gasteiger partial charge in [-0.2, -0.15) is 0 Å². The summed E-state index contributed by atoms with van der Waals surface area (Å²) in [5, 5.41) is 0.370. The molecule has 0 atom stereocenters. The summed E-state index contributed by atoms with van der Waals surface area (Å²) in [7, 11) is -4.09. The molecule has 4 rings (SSSR count). The van der Waals surface area contributed by atoms with E-state index in [1.807, 2.05) is 6.92 Å². The SMILES string of the molecule is CC(=O)N(c1ccc(-c2nc3ccccc3c(=O)o2)cc1)S(=O)(=O)c1ccc(C)cc1. The van der Waals surface area contributed by atoms with E-state index >= 15 is 0 Å². The predicted molar refractivity (Wildman–Crippen MR) is 117 cm³/mol. The number of anilines is 1. The van der Waals surface area contributed by atoms with Gasteiger partial charge < -0.3 is 4.42 Å². The number of hydrogen-bond acceptors (Lipinski definition) is 6. The number of sulfonamides is 1. The van der Waals surface area contributed by atoms with E-state index in [9.17, 15) is 18.0 Å². The molecule has 8 heteroatoms. The quantitative estimate of drug-likeness (QED) is 0.483. The molecule has 1 amide bonds. The molecule has 0 fully saturated rings. The molecule has 0 bridgehead atoms. The molecule has 0 spiro atoms. The van der Waals surface area contributed by atoms with Gasteiger partial charge in [0.2, 0.25) is 11.8 Å². The molecule has 0 unspecified atom stereocenters. The minimum atomic E-state index is -4.09. The Morgan fingerprint density at radius 2 is 1.58 bits per heavy atom. The summed E-state index contributed by atoms with van der Waals surface area (Å²) in [6.45, 7) is 3.03. The van der Waals surface area contributed by atoms with Crippen LogP contribution in [0.2, 0.25) is 0 Å². The number of carbonyl (C=O) groups excluding carboxylic acids is 1. The van der Waals surface area contributed by atoms with Crippen LogP contribution in [0, 0.1) is 6.92 Å². The number of fused-ring (bicyclic) bond motifs is 1. The fourth-order valence-corrected chi connectivity index (χ4v) is 4.62. The van der Waals surface area contributed by atoms with Gasteiger partial charge in [-0.3, -0.25) is 4.79 Å². The van der Waals surface area contributed by atoms with Crippen LogP contribution in [0.25, 0.3) is 22.4 Å². The molecule has 1 aromatic heterocycles. The van der Waals surface area contributed by atoms with E-state index in [1.165, 1.54) is 31.2 Å². The number of amides is 1. The van der Waals surface area contributed by atoms with Crippen LogP contribution in [0.15, 0.2) is 86.9 Å². The van der Waals surface area contributed by atoms with Crippen molar-refractivity contribution in [1.82, 2.24) is 4.98 Å². The molecule has 0 radical (unpaired) electrons. The van der Waals surface area contributed by atoms with Crippen LogP contribution in [-0.2, 0) is 14.8 Å². The molecule has 1 heterocycles. The number of para-hydroxylation sites is 1. The molecule has 0 aliphatic carbocycles. The molecular formula is C23H18N2O5S. The van der Waals surface area contributed by atoms with Crippen molar-refractivity contribution < 1.29 is 17.6 Å². The Morgan fingerprint density at radius 3 is 2.23 bits per heavy atom. The summed E-state index contributed by atoms with van der Waals surface area (Å²) in [6.07, 6.45) is 0. The summed E-state index contributed by atoms with van der Waals surface area (Å²) in [5.74, 6) is -0.547. The second kappa shape index (κ2) is 7.81. The molecule has 0 N–H and O–H groups in total. The van der Waals surface area contributed by atoms with Crippen LogP contribution in [0.3, 0.4) is 0 Å². The Labute approximate surface area is 178 Å². The van der Waals surface area contributed by atoms with Crippen molar-refractivity contribution in [1.29, 1.82) is 0 Å². The topological polar surface area (TPSA) is 97.6 Å². The van der Waals surface area contributed by atoms with E-state index in [2.05, 4.69) is 4.98 Å². The number of aryl methyl sites for hydroxylation is 1. The number of nitrogens with zero attached hydrogens (tertiary/aromatic N) is 2. The molecule has 0 aliphatic rings. The smallest absolute Gasteiger partial charge is 0.347 e. The first-order chi connectivity index (χ1) is 14.8. The lowest BCUT2D eigenvalue weighted by molar-refractivity contribution is -0.115. The number of benzene rings is 3. The summed E-state index contributed by atoms with van der Waals surface area (Å²) in [6, 6.07) is 19.1. The second-order valence-electron chi connectivity index (χ2n) is 6.97. The average molecular weight is 434 g/mol. The molecule has 156 valence electrons. The van der Waals surface area contributed by atoms with Crippen molar-refractivity contribution in [3.63, 3.8) is 0 Å². The molecule has 7 nitrogen and oxygen atoms in total. The van der Waals surface area contributed by atoms with E-state index in [-0.39, 0.29) is 16.5 Å². The highest BCUT2D eigenvalue weighted by atomic mass is 32.2. The van der Waals surface area contributed by atoms with Crippen molar-refractivity contribution in [2.45, 2.75) is 18.7 Å². The molecule has 0 saturated heterocycles. The summed E-state index contributed by atoms with van der Waals surface area (Å²) >= 11 is 0. The van der Waals surface area contributed by atoms with Crippen LogP contribution in [-0.4, -0.2) is 19.3 Å². The maximum Gasteiger partial charge on any atom is 0.347 e. The van der Waals surface area contributed by atoms with Crippen LogP contribution < -0.4 is 9.93 Å². The zero-order valence-corrected chi connectivity index (χ0v) is 17.6. The van der Waals surface area contributed by atoms with Gasteiger partial charge in [0.25, 0.3) is 10.0 Å². The zero-order valence-electron chi connectivity index (χ0n) is 16.8. The monoisotopic (exact) mass is 434 g/mol. The Morgan fingerprint density at radius 1 is 0.935 bits per heavy atom. The highest BCUT2D eigenvalue weighted by Crippen LogP contribution is 2.27. The van der Waals surface area contributed by atoms with Gasteiger partial charge in [-0.15, -0.1) is 0 Å². The van der Waals surface area contributed by atoms with E-state index in [1.54, 1.807) is 48.5 Å². The van der Waals surface area contributed by atoms with E-state index in [4.69, 9.17) is 4.42 Å². The van der Waals surface area contributed by atoms with Gasteiger partial charge in [0.15, 0.2) is 0 Å². The first-order valence-corrected chi connectivity index (χ1v) is 10.8. The van der Waals surface area contributed by atoms with E-state index in [0.717, 1.165) is 9.87 Å². The summed E-state index contributed by atoms with van der Waals surface area (Å²) in [5.41, 5.74) is 1.52. The number of rotatable bonds is 4. The lowest BCUT2D eigenvalue weighted by Gasteiger charge is -2.21. The normalized spacial score (nSPS) is 11.4. The standard InChI is InChI=1S/C23H18N2O5S/c1-15-7-13-19(14-8-15)31(28,29)25(16(2)26)18-11-9-17(10-12-18)22-24-21-6-4-3-5-20(21)23(27)30-22/h3-14H,1-2H3. The minimum absolute atomic E-state index is 0.0135. The third-order valence-corrected chi connectivity index (χ3v) is 6.55. The van der Waals surface area contributed by atoms with Crippen LogP contribution in [0.4, 0.5) is 5.69 Å². The maximum absolute atomic E-state index is 13.1. The molecule has 3 aromatic carbocycles. The first-order valence-electron chi connectivity index (χ1n) is 9.40. The number of hydrogen-bond donors (Lipinski definition) is 0. The minimum Gasteiger partial charge on any atom is -0.403 e. The Hall–Kier alpha value is -3.78. The number of carbonyl (C=O) groups is 1. The Kier molecular flexibility index (Phi) is 5.16. The highest BCUT2D eigenvalue weighted by Gasteiger charge is 2.28.